The lowest BCUT2D eigenvalue weighted by atomic mass is 10.0. The van der Waals surface area contributed by atoms with Gasteiger partial charge in [-0.1, -0.05) is 58.0 Å². The Morgan fingerprint density at radius 3 is 2.34 bits per heavy atom. The van der Waals surface area contributed by atoms with E-state index in [0.717, 1.165) is 28.9 Å². The lowest BCUT2D eigenvalue weighted by Crippen LogP contribution is -2.48. The number of benzene rings is 1. The van der Waals surface area contributed by atoms with Gasteiger partial charge in [-0.25, -0.2) is 25.2 Å². The molecule has 0 aliphatic heterocycles. The van der Waals surface area contributed by atoms with Crippen molar-refractivity contribution in [3.05, 3.63) is 52.8 Å². The molecular formula is C29H37N7O4S. The van der Waals surface area contributed by atoms with Crippen LogP contribution in [0.15, 0.2) is 35.7 Å². The summed E-state index contributed by atoms with van der Waals surface area (Å²) in [6.07, 6.45) is 2.97. The summed E-state index contributed by atoms with van der Waals surface area (Å²) in [7, 11) is 0. The van der Waals surface area contributed by atoms with E-state index < -0.39 is 23.9 Å². The van der Waals surface area contributed by atoms with E-state index in [2.05, 4.69) is 34.1 Å². The van der Waals surface area contributed by atoms with Crippen molar-refractivity contribution in [3.63, 3.8) is 0 Å². The molecule has 11 nitrogen and oxygen atoms in total. The molecule has 0 unspecified atom stereocenters. The largest absolute Gasteiger partial charge is 0.345 e. The van der Waals surface area contributed by atoms with Gasteiger partial charge in [0.05, 0.1) is 11.7 Å². The van der Waals surface area contributed by atoms with E-state index in [4.69, 9.17) is 5.84 Å². The summed E-state index contributed by atoms with van der Waals surface area (Å²) >= 11 is 1.34. The second kappa shape index (κ2) is 12.7. The molecule has 1 fully saturated rings. The van der Waals surface area contributed by atoms with E-state index in [0.29, 0.717) is 28.9 Å². The van der Waals surface area contributed by atoms with Crippen LogP contribution < -0.4 is 16.2 Å². The van der Waals surface area contributed by atoms with Gasteiger partial charge in [-0.2, -0.15) is 0 Å². The lowest BCUT2D eigenvalue weighted by molar-refractivity contribution is -0.111. The Kier molecular flexibility index (Phi) is 9.34. The van der Waals surface area contributed by atoms with E-state index in [1.165, 1.54) is 11.3 Å². The third-order valence-corrected chi connectivity index (χ3v) is 7.64. The third kappa shape index (κ3) is 6.54. The van der Waals surface area contributed by atoms with Crippen molar-refractivity contribution in [2.75, 3.05) is 11.4 Å². The predicted octanol–water partition coefficient (Wildman–Crippen LogP) is 4.27. The van der Waals surface area contributed by atoms with E-state index in [1.54, 1.807) is 36.6 Å². The molecule has 1 aliphatic carbocycles. The van der Waals surface area contributed by atoms with Crippen molar-refractivity contribution in [2.45, 2.75) is 66.0 Å². The molecule has 0 spiro atoms. The highest BCUT2D eigenvalue weighted by molar-refractivity contribution is 7.14. The van der Waals surface area contributed by atoms with Gasteiger partial charge in [0.15, 0.2) is 5.13 Å². The number of nitrogens with one attached hydrogen (secondary N) is 1. The van der Waals surface area contributed by atoms with Gasteiger partial charge in [-0.3, -0.25) is 19.9 Å². The molecule has 0 bridgehead atoms. The van der Waals surface area contributed by atoms with Crippen LogP contribution in [0.25, 0.3) is 11.4 Å². The number of hydrogen-bond acceptors (Lipinski definition) is 9. The minimum absolute atomic E-state index is 0.00563. The Morgan fingerprint density at radius 2 is 1.78 bits per heavy atom. The standard InChI is InChI=1S/C29H37N7O4S/c1-17(2)13-22(15-37)35(26(38)23-16-41-29(32-23)34(14-18(3)4)21-11-12-21)27(39)24-19(5)31-25(36(24)28(40)33-30)20-9-7-6-8-10-20/h6-10,15-18,21-22H,11-14,30H2,1-5H3,(H,33,40)/t22-/m0/s1. The number of imidazole rings is 1. The summed E-state index contributed by atoms with van der Waals surface area (Å²) in [5, 5.41) is 2.33. The van der Waals surface area contributed by atoms with E-state index in [9.17, 15) is 19.2 Å². The molecule has 3 aromatic rings. The zero-order valence-electron chi connectivity index (χ0n) is 24.0. The number of imide groups is 1. The van der Waals surface area contributed by atoms with Crippen LogP contribution in [0, 0.1) is 18.8 Å². The summed E-state index contributed by atoms with van der Waals surface area (Å²) in [6, 6.07) is 7.34. The van der Waals surface area contributed by atoms with Crippen molar-refractivity contribution in [2.24, 2.45) is 17.7 Å². The summed E-state index contributed by atoms with van der Waals surface area (Å²) in [5.41, 5.74) is 2.75. The summed E-state index contributed by atoms with van der Waals surface area (Å²) in [6.45, 7) is 10.4. The van der Waals surface area contributed by atoms with E-state index in [1.807, 2.05) is 19.9 Å². The predicted molar refractivity (Wildman–Crippen MR) is 158 cm³/mol. The highest BCUT2D eigenvalue weighted by Gasteiger charge is 2.38. The fourth-order valence-electron chi connectivity index (χ4n) is 4.82. The third-order valence-electron chi connectivity index (χ3n) is 6.76. The molecule has 3 amide bonds. The van der Waals surface area contributed by atoms with Gasteiger partial charge < -0.3 is 9.69 Å². The number of anilines is 1. The highest BCUT2D eigenvalue weighted by Crippen LogP contribution is 2.35. The smallest absolute Gasteiger partial charge is 0.342 e. The number of aromatic nitrogens is 3. The van der Waals surface area contributed by atoms with Crippen LogP contribution in [-0.4, -0.2) is 62.2 Å². The van der Waals surface area contributed by atoms with Gasteiger partial charge in [0.1, 0.15) is 23.5 Å². The first-order chi connectivity index (χ1) is 19.6. The molecule has 1 aliphatic rings. The van der Waals surface area contributed by atoms with Crippen molar-refractivity contribution in [1.82, 2.24) is 24.9 Å². The van der Waals surface area contributed by atoms with Crippen molar-refractivity contribution in [1.29, 1.82) is 0 Å². The van der Waals surface area contributed by atoms with Crippen LogP contribution in [0.3, 0.4) is 0 Å². The first-order valence-corrected chi connectivity index (χ1v) is 14.7. The summed E-state index contributed by atoms with van der Waals surface area (Å²) < 4.78 is 1.05. The van der Waals surface area contributed by atoms with Crippen molar-refractivity contribution in [3.8, 4) is 11.4 Å². The number of nitrogens with two attached hydrogens (primary N) is 1. The molecule has 12 heteroatoms. The highest BCUT2D eigenvalue weighted by atomic mass is 32.1. The SMILES string of the molecule is Cc1nc(-c2ccccc2)n(C(=O)NN)c1C(=O)N(C(=O)c1csc(N(CC(C)C)C2CC2)n1)[C@H](C=O)CC(C)C. The minimum Gasteiger partial charge on any atom is -0.345 e. The fraction of sp³-hybridized carbons (Fsp3) is 0.448. The van der Waals surface area contributed by atoms with Crippen LogP contribution in [0.1, 0.15) is 73.6 Å². The molecule has 0 radical (unpaired) electrons. The quantitative estimate of drug-likeness (QED) is 0.113. The number of aryl methyl sites for hydroxylation is 1. The molecule has 218 valence electrons. The topological polar surface area (TPSA) is 144 Å². The van der Waals surface area contributed by atoms with E-state index in [-0.39, 0.29) is 35.2 Å². The van der Waals surface area contributed by atoms with E-state index >= 15 is 0 Å². The first kappa shape index (κ1) is 30.1. The molecule has 4 rings (SSSR count). The number of carbonyl (C=O) groups is 4. The minimum atomic E-state index is -1.08. The summed E-state index contributed by atoms with van der Waals surface area (Å²) in [4.78, 5) is 66.0. The molecule has 3 N–H and O–H groups in total. The van der Waals surface area contributed by atoms with Crippen LogP contribution >= 0.6 is 11.3 Å². The molecule has 2 heterocycles. The zero-order valence-corrected chi connectivity index (χ0v) is 24.9. The number of aldehydes is 1. The molecule has 1 saturated carbocycles. The Balaban J connectivity index is 1.80. The number of nitrogens with zero attached hydrogens (tertiary/aromatic N) is 5. The second-order valence-electron chi connectivity index (χ2n) is 11.1. The summed E-state index contributed by atoms with van der Waals surface area (Å²) in [5.74, 6) is 4.52. The number of thiazole rings is 1. The zero-order chi connectivity index (χ0) is 29.8. The number of nitrogen functional groups attached to an aromatic ring is 1. The maximum Gasteiger partial charge on any atom is 0.342 e. The molecule has 1 aromatic carbocycles. The van der Waals surface area contributed by atoms with Crippen LogP contribution in [0.2, 0.25) is 0 Å². The Hall–Kier alpha value is -3.90. The molecule has 1 atom stereocenters. The molecule has 41 heavy (non-hydrogen) atoms. The van der Waals surface area contributed by atoms with Crippen molar-refractivity contribution >= 4 is 40.6 Å². The van der Waals surface area contributed by atoms with Gasteiger partial charge in [0.2, 0.25) is 0 Å². The van der Waals surface area contributed by atoms with Crippen molar-refractivity contribution < 1.29 is 19.2 Å². The monoisotopic (exact) mass is 579 g/mol. The maximum absolute atomic E-state index is 14.3. The van der Waals surface area contributed by atoms with Crippen LogP contribution in [-0.2, 0) is 4.79 Å². The van der Waals surface area contributed by atoms with Crippen LogP contribution in [0.4, 0.5) is 9.93 Å². The van der Waals surface area contributed by atoms with Gasteiger partial charge in [-0.05, 0) is 38.0 Å². The normalized spacial score (nSPS) is 13.8. The number of amides is 3. The molecule has 0 saturated heterocycles. The Labute approximate surface area is 243 Å². The Morgan fingerprint density at radius 1 is 1.10 bits per heavy atom. The fourth-order valence-corrected chi connectivity index (χ4v) is 5.70. The van der Waals surface area contributed by atoms with Gasteiger partial charge in [-0.15, -0.1) is 11.3 Å². The average Bonchev–Trinajstić information content (AvgIpc) is 3.56. The maximum atomic E-state index is 14.3. The average molecular weight is 580 g/mol. The number of carbonyl (C=O) groups excluding carboxylic acids is 4. The van der Waals surface area contributed by atoms with Crippen LogP contribution in [0.5, 0.6) is 0 Å². The lowest BCUT2D eigenvalue weighted by Gasteiger charge is -2.27. The van der Waals surface area contributed by atoms with Gasteiger partial charge >= 0.3 is 6.03 Å². The molecular weight excluding hydrogens is 542 g/mol. The second-order valence-corrected chi connectivity index (χ2v) is 12.0. The Bertz CT molecular complexity index is 1410. The number of rotatable bonds is 11. The number of hydrogen-bond donors (Lipinski definition) is 2. The molecule has 2 aromatic heterocycles. The first-order valence-electron chi connectivity index (χ1n) is 13.8. The van der Waals surface area contributed by atoms with Gasteiger partial charge in [0, 0.05) is 23.5 Å². The van der Waals surface area contributed by atoms with Gasteiger partial charge in [0.25, 0.3) is 11.8 Å². The number of hydrazine groups is 1.